The van der Waals surface area contributed by atoms with E-state index in [0.717, 1.165) is 31.6 Å². The van der Waals surface area contributed by atoms with Crippen molar-refractivity contribution in [3.05, 3.63) is 34.6 Å². The van der Waals surface area contributed by atoms with Crippen molar-refractivity contribution in [1.29, 1.82) is 0 Å². The standard InChI is InChI=1S/C12H15ClFNO/c13-10-2-1-9(7-11(10)14)12(15)8-3-5-16-6-4-8/h1-2,7-8,12H,3-6,15H2. The fourth-order valence-electron chi connectivity index (χ4n) is 2.07. The molecule has 0 aromatic heterocycles. The molecule has 2 N–H and O–H groups in total. The molecule has 1 atom stereocenters. The molecule has 4 heteroatoms. The molecule has 1 heterocycles. The van der Waals surface area contributed by atoms with Crippen LogP contribution in [0.2, 0.25) is 5.02 Å². The fraction of sp³-hybridized carbons (Fsp3) is 0.500. The summed E-state index contributed by atoms with van der Waals surface area (Å²) in [6, 6.07) is 4.66. The maximum Gasteiger partial charge on any atom is 0.142 e. The molecule has 0 radical (unpaired) electrons. The van der Waals surface area contributed by atoms with Crippen molar-refractivity contribution < 1.29 is 9.13 Å². The van der Waals surface area contributed by atoms with Crippen molar-refractivity contribution in [2.24, 2.45) is 11.7 Å². The lowest BCUT2D eigenvalue weighted by Gasteiger charge is -2.27. The van der Waals surface area contributed by atoms with Crippen LogP contribution in [-0.2, 0) is 4.74 Å². The Morgan fingerprint density at radius 2 is 2.06 bits per heavy atom. The number of hydrogen-bond acceptors (Lipinski definition) is 2. The summed E-state index contributed by atoms with van der Waals surface area (Å²) in [6.45, 7) is 1.49. The molecule has 1 aliphatic heterocycles. The second-order valence-electron chi connectivity index (χ2n) is 4.15. The van der Waals surface area contributed by atoms with Crippen molar-refractivity contribution in [3.63, 3.8) is 0 Å². The number of halogens is 2. The summed E-state index contributed by atoms with van der Waals surface area (Å²) in [4.78, 5) is 0. The third-order valence-electron chi connectivity index (χ3n) is 3.10. The van der Waals surface area contributed by atoms with Crippen LogP contribution < -0.4 is 5.73 Å². The van der Waals surface area contributed by atoms with Gasteiger partial charge in [-0.15, -0.1) is 0 Å². The van der Waals surface area contributed by atoms with E-state index in [0.29, 0.717) is 5.92 Å². The first-order valence-corrected chi connectivity index (χ1v) is 5.84. The van der Waals surface area contributed by atoms with Gasteiger partial charge in [0.2, 0.25) is 0 Å². The van der Waals surface area contributed by atoms with E-state index in [1.165, 1.54) is 6.07 Å². The van der Waals surface area contributed by atoms with E-state index in [-0.39, 0.29) is 11.1 Å². The van der Waals surface area contributed by atoms with Crippen molar-refractivity contribution in [2.75, 3.05) is 13.2 Å². The third-order valence-corrected chi connectivity index (χ3v) is 3.41. The molecule has 0 aliphatic carbocycles. The average Bonchev–Trinajstić information content (AvgIpc) is 2.33. The Bertz CT molecular complexity index is 366. The Kier molecular flexibility index (Phi) is 3.79. The molecule has 1 fully saturated rings. The SMILES string of the molecule is NC(c1ccc(Cl)c(F)c1)C1CCOCC1. The lowest BCUT2D eigenvalue weighted by atomic mass is 9.88. The quantitative estimate of drug-likeness (QED) is 0.867. The average molecular weight is 244 g/mol. The summed E-state index contributed by atoms with van der Waals surface area (Å²) in [6.07, 6.45) is 1.87. The summed E-state index contributed by atoms with van der Waals surface area (Å²) < 4.78 is 18.6. The number of benzene rings is 1. The van der Waals surface area contributed by atoms with E-state index in [9.17, 15) is 4.39 Å². The van der Waals surface area contributed by atoms with E-state index < -0.39 is 5.82 Å². The van der Waals surface area contributed by atoms with Crippen LogP contribution >= 0.6 is 11.6 Å². The molecule has 2 rings (SSSR count). The van der Waals surface area contributed by atoms with E-state index in [2.05, 4.69) is 0 Å². The van der Waals surface area contributed by atoms with Crippen LogP contribution in [0.4, 0.5) is 4.39 Å². The molecule has 0 amide bonds. The Morgan fingerprint density at radius 3 is 2.69 bits per heavy atom. The van der Waals surface area contributed by atoms with Gasteiger partial charge in [-0.25, -0.2) is 4.39 Å². The minimum absolute atomic E-state index is 0.129. The summed E-state index contributed by atoms with van der Waals surface area (Å²) in [5, 5.41) is 0.142. The highest BCUT2D eigenvalue weighted by Crippen LogP contribution is 2.29. The zero-order valence-corrected chi connectivity index (χ0v) is 9.71. The monoisotopic (exact) mass is 243 g/mol. The van der Waals surface area contributed by atoms with Gasteiger partial charge < -0.3 is 10.5 Å². The van der Waals surface area contributed by atoms with Crippen molar-refractivity contribution in [3.8, 4) is 0 Å². The molecule has 1 aliphatic rings. The van der Waals surface area contributed by atoms with Crippen molar-refractivity contribution in [2.45, 2.75) is 18.9 Å². The molecule has 0 saturated carbocycles. The molecule has 1 aromatic rings. The van der Waals surface area contributed by atoms with Crippen LogP contribution in [0.25, 0.3) is 0 Å². The van der Waals surface area contributed by atoms with Crippen LogP contribution in [0.3, 0.4) is 0 Å². The summed E-state index contributed by atoms with van der Waals surface area (Å²) in [5.74, 6) is -0.0315. The molecule has 1 saturated heterocycles. The Hall–Kier alpha value is -0.640. The van der Waals surface area contributed by atoms with Gasteiger partial charge in [-0.2, -0.15) is 0 Å². The van der Waals surface area contributed by atoms with Crippen LogP contribution in [0, 0.1) is 11.7 Å². The lowest BCUT2D eigenvalue weighted by Crippen LogP contribution is -2.27. The predicted molar refractivity (Wildman–Crippen MR) is 61.9 cm³/mol. The van der Waals surface area contributed by atoms with Gasteiger partial charge in [-0.05, 0) is 36.5 Å². The minimum atomic E-state index is -0.401. The van der Waals surface area contributed by atoms with Crippen LogP contribution in [0.5, 0.6) is 0 Å². The topological polar surface area (TPSA) is 35.2 Å². The summed E-state index contributed by atoms with van der Waals surface area (Å²) >= 11 is 5.64. The van der Waals surface area contributed by atoms with Crippen LogP contribution in [0.15, 0.2) is 18.2 Å². The summed E-state index contributed by atoms with van der Waals surface area (Å²) in [7, 11) is 0. The van der Waals surface area contributed by atoms with Gasteiger partial charge in [-0.1, -0.05) is 17.7 Å². The maximum absolute atomic E-state index is 13.3. The third kappa shape index (κ3) is 2.54. The van der Waals surface area contributed by atoms with Gasteiger partial charge in [0.1, 0.15) is 5.82 Å². The largest absolute Gasteiger partial charge is 0.381 e. The smallest absolute Gasteiger partial charge is 0.142 e. The fourth-order valence-corrected chi connectivity index (χ4v) is 2.18. The highest BCUT2D eigenvalue weighted by molar-refractivity contribution is 6.30. The van der Waals surface area contributed by atoms with Crippen LogP contribution in [0.1, 0.15) is 24.4 Å². The van der Waals surface area contributed by atoms with E-state index in [1.54, 1.807) is 12.1 Å². The molecule has 1 aromatic carbocycles. The Labute approximate surface area is 99.5 Å². The second kappa shape index (κ2) is 5.13. The van der Waals surface area contributed by atoms with Crippen molar-refractivity contribution >= 4 is 11.6 Å². The maximum atomic E-state index is 13.3. The first kappa shape index (κ1) is 11.8. The highest BCUT2D eigenvalue weighted by atomic mass is 35.5. The highest BCUT2D eigenvalue weighted by Gasteiger charge is 2.22. The number of nitrogens with two attached hydrogens (primary N) is 1. The minimum Gasteiger partial charge on any atom is -0.381 e. The van der Waals surface area contributed by atoms with Gasteiger partial charge in [0.25, 0.3) is 0 Å². The number of hydrogen-bond donors (Lipinski definition) is 1. The molecule has 0 spiro atoms. The molecule has 16 heavy (non-hydrogen) atoms. The number of rotatable bonds is 2. The van der Waals surface area contributed by atoms with Crippen LogP contribution in [-0.4, -0.2) is 13.2 Å². The predicted octanol–water partition coefficient (Wildman–Crippen LogP) is 2.91. The number of ether oxygens (including phenoxy) is 1. The zero-order valence-electron chi connectivity index (χ0n) is 8.96. The van der Waals surface area contributed by atoms with Gasteiger partial charge >= 0.3 is 0 Å². The van der Waals surface area contributed by atoms with Crippen molar-refractivity contribution in [1.82, 2.24) is 0 Å². The van der Waals surface area contributed by atoms with E-state index in [4.69, 9.17) is 22.1 Å². The van der Waals surface area contributed by atoms with Gasteiger partial charge in [-0.3, -0.25) is 0 Å². The summed E-state index contributed by atoms with van der Waals surface area (Å²) in [5.41, 5.74) is 6.94. The molecule has 1 unspecified atom stereocenters. The van der Waals surface area contributed by atoms with E-state index >= 15 is 0 Å². The molecule has 2 nitrogen and oxygen atoms in total. The lowest BCUT2D eigenvalue weighted by molar-refractivity contribution is 0.0583. The Morgan fingerprint density at radius 1 is 1.38 bits per heavy atom. The van der Waals surface area contributed by atoms with E-state index in [1.807, 2.05) is 0 Å². The van der Waals surface area contributed by atoms with Gasteiger partial charge in [0.15, 0.2) is 0 Å². The first-order valence-electron chi connectivity index (χ1n) is 5.47. The van der Waals surface area contributed by atoms with Gasteiger partial charge in [0, 0.05) is 19.3 Å². The normalized spacial score (nSPS) is 19.7. The molecule has 88 valence electrons. The second-order valence-corrected chi connectivity index (χ2v) is 4.56. The van der Waals surface area contributed by atoms with Gasteiger partial charge in [0.05, 0.1) is 5.02 Å². The Balaban J connectivity index is 2.12. The zero-order chi connectivity index (χ0) is 11.5. The molecular formula is C12H15ClFNO. The molecular weight excluding hydrogens is 229 g/mol. The molecule has 0 bridgehead atoms. The first-order chi connectivity index (χ1) is 7.68.